The zero-order valence-electron chi connectivity index (χ0n) is 15.3. The maximum absolute atomic E-state index is 12.3. The Hall–Kier alpha value is -2.13. The number of anilines is 1. The fraction of sp³-hybridized carbons (Fsp3) is 0.368. The second kappa shape index (κ2) is 11.6. The highest BCUT2D eigenvalue weighted by atomic mass is 32.2. The number of sulfonamides is 1. The highest BCUT2D eigenvalue weighted by molar-refractivity contribution is 7.92. The molecule has 0 atom stereocenters. The number of ether oxygens (including phenoxy) is 4. The fourth-order valence-electron chi connectivity index (χ4n) is 2.12. The molecule has 2 aromatic carbocycles. The molecule has 0 spiro atoms. The third kappa shape index (κ3) is 7.96. The summed E-state index contributed by atoms with van der Waals surface area (Å²) in [7, 11) is -2.00. The van der Waals surface area contributed by atoms with Crippen molar-refractivity contribution in [2.24, 2.45) is 0 Å². The molecule has 0 bridgehead atoms. The number of methoxy groups -OCH3 is 1. The first-order valence-corrected chi connectivity index (χ1v) is 10.1. The predicted octanol–water partition coefficient (Wildman–Crippen LogP) is 2.55. The maximum Gasteiger partial charge on any atom is 0.261 e. The average molecular weight is 395 g/mol. The summed E-state index contributed by atoms with van der Waals surface area (Å²) < 4.78 is 48.3. The molecule has 27 heavy (non-hydrogen) atoms. The van der Waals surface area contributed by atoms with Crippen LogP contribution >= 0.6 is 0 Å². The van der Waals surface area contributed by atoms with E-state index in [1.807, 2.05) is 6.07 Å². The fourth-order valence-corrected chi connectivity index (χ4v) is 3.18. The van der Waals surface area contributed by atoms with Crippen molar-refractivity contribution in [3.8, 4) is 5.75 Å². The zero-order chi connectivity index (χ0) is 19.4. The van der Waals surface area contributed by atoms with Crippen LogP contribution in [0.4, 0.5) is 5.69 Å². The third-order valence-corrected chi connectivity index (χ3v) is 4.86. The molecule has 0 saturated heterocycles. The van der Waals surface area contributed by atoms with Crippen LogP contribution in [0.3, 0.4) is 0 Å². The summed E-state index contributed by atoms with van der Waals surface area (Å²) >= 11 is 0. The van der Waals surface area contributed by atoms with Crippen LogP contribution in [-0.4, -0.2) is 55.2 Å². The lowest BCUT2D eigenvalue weighted by Gasteiger charge is -2.10. The molecule has 0 aromatic heterocycles. The van der Waals surface area contributed by atoms with Crippen LogP contribution in [0, 0.1) is 0 Å². The van der Waals surface area contributed by atoms with Gasteiger partial charge in [-0.1, -0.05) is 18.2 Å². The standard InChI is InChI=1S/C19H25NO6S/c1-23-11-12-24-13-14-25-15-16-26-18-7-9-19(10-8-18)27(21,22)20-17-5-3-2-4-6-17/h2-10,20H,11-16H2,1H3. The normalized spacial score (nSPS) is 11.3. The van der Waals surface area contributed by atoms with E-state index in [0.29, 0.717) is 51.1 Å². The number of nitrogens with one attached hydrogen (secondary N) is 1. The van der Waals surface area contributed by atoms with Crippen molar-refractivity contribution >= 4 is 15.7 Å². The SMILES string of the molecule is COCCOCCOCCOc1ccc(S(=O)(=O)Nc2ccccc2)cc1. The van der Waals surface area contributed by atoms with Gasteiger partial charge in [0.15, 0.2) is 0 Å². The molecule has 0 heterocycles. The molecule has 0 aliphatic carbocycles. The minimum Gasteiger partial charge on any atom is -0.491 e. The molecule has 1 N–H and O–H groups in total. The Bertz CT molecular complexity index is 750. The molecular formula is C19H25NO6S. The molecule has 0 amide bonds. The van der Waals surface area contributed by atoms with E-state index in [9.17, 15) is 8.42 Å². The van der Waals surface area contributed by atoms with Gasteiger partial charge in [0, 0.05) is 12.8 Å². The van der Waals surface area contributed by atoms with E-state index in [-0.39, 0.29) is 4.90 Å². The Labute approximate surface area is 160 Å². The van der Waals surface area contributed by atoms with Gasteiger partial charge in [-0.05, 0) is 36.4 Å². The minimum atomic E-state index is -3.63. The van der Waals surface area contributed by atoms with E-state index >= 15 is 0 Å². The number of para-hydroxylation sites is 1. The molecule has 2 rings (SSSR count). The molecule has 2 aromatic rings. The topological polar surface area (TPSA) is 83.1 Å². The largest absolute Gasteiger partial charge is 0.491 e. The molecule has 7 nitrogen and oxygen atoms in total. The summed E-state index contributed by atoms with van der Waals surface area (Å²) in [4.78, 5) is 0.170. The Kier molecular flexibility index (Phi) is 9.06. The van der Waals surface area contributed by atoms with Crippen molar-refractivity contribution in [3.63, 3.8) is 0 Å². The molecule has 0 unspecified atom stereocenters. The van der Waals surface area contributed by atoms with E-state index in [4.69, 9.17) is 18.9 Å². The molecule has 0 radical (unpaired) electrons. The van der Waals surface area contributed by atoms with Gasteiger partial charge in [0.2, 0.25) is 0 Å². The average Bonchev–Trinajstić information content (AvgIpc) is 2.67. The number of rotatable bonds is 13. The Morgan fingerprint density at radius 1 is 0.778 bits per heavy atom. The summed E-state index contributed by atoms with van der Waals surface area (Å²) in [5.41, 5.74) is 0.515. The van der Waals surface area contributed by atoms with Crippen LogP contribution in [0.25, 0.3) is 0 Å². The van der Waals surface area contributed by atoms with Gasteiger partial charge in [0.05, 0.1) is 37.9 Å². The van der Waals surface area contributed by atoms with Crippen LogP contribution < -0.4 is 9.46 Å². The van der Waals surface area contributed by atoms with Gasteiger partial charge in [-0.25, -0.2) is 8.42 Å². The first kappa shape index (κ1) is 21.2. The molecular weight excluding hydrogens is 370 g/mol. The number of hydrogen-bond acceptors (Lipinski definition) is 6. The summed E-state index contributed by atoms with van der Waals surface area (Å²) in [6.45, 7) is 2.88. The lowest BCUT2D eigenvalue weighted by atomic mass is 10.3. The van der Waals surface area contributed by atoms with Crippen molar-refractivity contribution < 1.29 is 27.4 Å². The quantitative estimate of drug-likeness (QED) is 0.525. The first-order chi connectivity index (χ1) is 13.1. The zero-order valence-corrected chi connectivity index (χ0v) is 16.1. The van der Waals surface area contributed by atoms with Gasteiger partial charge < -0.3 is 18.9 Å². The second-order valence-corrected chi connectivity index (χ2v) is 7.19. The van der Waals surface area contributed by atoms with E-state index in [1.165, 1.54) is 12.1 Å². The molecule has 0 fully saturated rings. The highest BCUT2D eigenvalue weighted by Crippen LogP contribution is 2.19. The predicted molar refractivity (Wildman–Crippen MR) is 103 cm³/mol. The molecule has 0 saturated carbocycles. The van der Waals surface area contributed by atoms with Crippen molar-refractivity contribution in [2.45, 2.75) is 4.90 Å². The van der Waals surface area contributed by atoms with Gasteiger partial charge >= 0.3 is 0 Å². The lowest BCUT2D eigenvalue weighted by molar-refractivity contribution is 0.0179. The molecule has 8 heteroatoms. The van der Waals surface area contributed by atoms with Crippen molar-refractivity contribution in [3.05, 3.63) is 54.6 Å². The van der Waals surface area contributed by atoms with Crippen molar-refractivity contribution in [1.29, 1.82) is 0 Å². The summed E-state index contributed by atoms with van der Waals surface area (Å²) in [5, 5.41) is 0. The van der Waals surface area contributed by atoms with Crippen LogP contribution in [0.1, 0.15) is 0 Å². The van der Waals surface area contributed by atoms with Crippen LogP contribution in [-0.2, 0) is 24.2 Å². The van der Waals surface area contributed by atoms with E-state index < -0.39 is 10.0 Å². The molecule has 148 valence electrons. The van der Waals surface area contributed by atoms with E-state index in [1.54, 1.807) is 43.5 Å². The summed E-state index contributed by atoms with van der Waals surface area (Å²) in [6, 6.07) is 15.0. The Balaban J connectivity index is 1.70. The van der Waals surface area contributed by atoms with E-state index in [0.717, 1.165) is 0 Å². The summed E-state index contributed by atoms with van der Waals surface area (Å²) in [5.74, 6) is 0.577. The first-order valence-electron chi connectivity index (χ1n) is 8.57. The van der Waals surface area contributed by atoms with Crippen LogP contribution in [0.2, 0.25) is 0 Å². The van der Waals surface area contributed by atoms with Gasteiger partial charge in [0.25, 0.3) is 10.0 Å². The number of hydrogen-bond donors (Lipinski definition) is 1. The second-order valence-electron chi connectivity index (χ2n) is 5.51. The van der Waals surface area contributed by atoms with Crippen LogP contribution in [0.5, 0.6) is 5.75 Å². The third-order valence-electron chi connectivity index (χ3n) is 3.46. The van der Waals surface area contributed by atoms with Crippen molar-refractivity contribution in [1.82, 2.24) is 0 Å². The molecule has 0 aliphatic heterocycles. The lowest BCUT2D eigenvalue weighted by Crippen LogP contribution is -2.13. The Morgan fingerprint density at radius 3 is 2.00 bits per heavy atom. The van der Waals surface area contributed by atoms with Crippen molar-refractivity contribution in [2.75, 3.05) is 51.5 Å². The number of benzene rings is 2. The van der Waals surface area contributed by atoms with Gasteiger partial charge in [-0.2, -0.15) is 0 Å². The summed E-state index contributed by atoms with van der Waals surface area (Å²) in [6.07, 6.45) is 0. The highest BCUT2D eigenvalue weighted by Gasteiger charge is 2.13. The van der Waals surface area contributed by atoms with Gasteiger partial charge in [-0.3, -0.25) is 4.72 Å². The maximum atomic E-state index is 12.3. The monoisotopic (exact) mass is 395 g/mol. The minimum absolute atomic E-state index is 0.170. The smallest absolute Gasteiger partial charge is 0.261 e. The van der Waals surface area contributed by atoms with Crippen LogP contribution in [0.15, 0.2) is 59.5 Å². The van der Waals surface area contributed by atoms with Gasteiger partial charge in [0.1, 0.15) is 12.4 Å². The Morgan fingerprint density at radius 2 is 1.37 bits per heavy atom. The molecule has 0 aliphatic rings. The van der Waals surface area contributed by atoms with Gasteiger partial charge in [-0.15, -0.1) is 0 Å². The van der Waals surface area contributed by atoms with E-state index in [2.05, 4.69) is 4.72 Å².